The highest BCUT2D eigenvalue weighted by molar-refractivity contribution is 5.82. The van der Waals surface area contributed by atoms with E-state index in [4.69, 9.17) is 5.11 Å². The number of carbonyl (C=O) groups is 1. The van der Waals surface area contributed by atoms with Gasteiger partial charge in [0.1, 0.15) is 0 Å². The third-order valence-corrected chi connectivity index (χ3v) is 3.46. The number of carbonyl (C=O) groups excluding carboxylic acids is 1. The second-order valence-electron chi connectivity index (χ2n) is 5.81. The highest BCUT2D eigenvalue weighted by Gasteiger charge is 2.27. The molecule has 0 fully saturated rings. The van der Waals surface area contributed by atoms with Gasteiger partial charge in [0.25, 0.3) is 0 Å². The normalized spacial score (nSPS) is 14.1. The summed E-state index contributed by atoms with van der Waals surface area (Å²) >= 11 is 0. The number of hydrogen-bond acceptors (Lipinski definition) is 3. The van der Waals surface area contributed by atoms with Crippen molar-refractivity contribution < 1.29 is 9.90 Å². The molecule has 0 aliphatic rings. The van der Waals surface area contributed by atoms with Gasteiger partial charge in [0.2, 0.25) is 5.91 Å². The minimum atomic E-state index is -0.164. The first-order valence-electron chi connectivity index (χ1n) is 6.93. The minimum absolute atomic E-state index is 0.0634. The first kappa shape index (κ1) is 17.4. The summed E-state index contributed by atoms with van der Waals surface area (Å²) in [6.07, 6.45) is 1.61. The molecule has 0 rings (SSSR count). The number of rotatable bonds is 8. The van der Waals surface area contributed by atoms with Crippen molar-refractivity contribution in [3.05, 3.63) is 0 Å². The Morgan fingerprint density at radius 1 is 1.33 bits per heavy atom. The Labute approximate surface area is 112 Å². The summed E-state index contributed by atoms with van der Waals surface area (Å²) in [5.74, 6) is 0.0634. The summed E-state index contributed by atoms with van der Waals surface area (Å²) in [6.45, 7) is 13.1. The highest BCUT2D eigenvalue weighted by atomic mass is 16.3. The zero-order valence-electron chi connectivity index (χ0n) is 12.8. The molecule has 0 bridgehead atoms. The molecule has 0 saturated heterocycles. The van der Waals surface area contributed by atoms with Gasteiger partial charge in [-0.15, -0.1) is 0 Å². The fraction of sp³-hybridized carbons (Fsp3) is 0.929. The van der Waals surface area contributed by atoms with Gasteiger partial charge in [-0.25, -0.2) is 0 Å². The largest absolute Gasteiger partial charge is 0.396 e. The van der Waals surface area contributed by atoms with Crippen LogP contribution < -0.4 is 5.32 Å². The molecule has 0 aromatic heterocycles. The van der Waals surface area contributed by atoms with Gasteiger partial charge < -0.3 is 10.4 Å². The van der Waals surface area contributed by atoms with Gasteiger partial charge in [-0.3, -0.25) is 9.69 Å². The van der Waals surface area contributed by atoms with Crippen LogP contribution in [0.2, 0.25) is 0 Å². The van der Waals surface area contributed by atoms with E-state index in [2.05, 4.69) is 31.0 Å². The second kappa shape index (κ2) is 7.74. The van der Waals surface area contributed by atoms with E-state index in [0.717, 1.165) is 13.0 Å². The molecule has 0 aliphatic heterocycles. The molecule has 1 unspecified atom stereocenters. The van der Waals surface area contributed by atoms with Gasteiger partial charge >= 0.3 is 0 Å². The van der Waals surface area contributed by atoms with Gasteiger partial charge in [-0.2, -0.15) is 0 Å². The van der Waals surface area contributed by atoms with Crippen LogP contribution in [-0.4, -0.2) is 46.7 Å². The highest BCUT2D eigenvalue weighted by Crippen LogP contribution is 2.11. The molecule has 1 amide bonds. The lowest BCUT2D eigenvalue weighted by Gasteiger charge is -2.34. The number of aliphatic hydroxyl groups is 1. The maximum Gasteiger partial charge on any atom is 0.237 e. The van der Waals surface area contributed by atoms with Crippen LogP contribution in [0.4, 0.5) is 0 Å². The molecule has 4 heteroatoms. The van der Waals surface area contributed by atoms with Crippen molar-refractivity contribution >= 4 is 5.91 Å². The molecule has 0 saturated carbocycles. The lowest BCUT2D eigenvalue weighted by Crippen LogP contribution is -2.53. The van der Waals surface area contributed by atoms with E-state index in [-0.39, 0.29) is 24.1 Å². The Balaban J connectivity index is 4.56. The standard InChI is InChI=1S/C14H30N2O2/c1-7-14(5,6)15-13(18)12(4)16(11(2)3)9-8-10-17/h11-12,17H,7-10H2,1-6H3,(H,15,18). The smallest absolute Gasteiger partial charge is 0.237 e. The molecule has 0 aromatic rings. The van der Waals surface area contributed by atoms with E-state index in [1.807, 2.05) is 20.8 Å². The van der Waals surface area contributed by atoms with Gasteiger partial charge in [0.15, 0.2) is 0 Å². The van der Waals surface area contributed by atoms with Crippen LogP contribution in [0, 0.1) is 0 Å². The number of aliphatic hydroxyl groups excluding tert-OH is 1. The topological polar surface area (TPSA) is 52.6 Å². The van der Waals surface area contributed by atoms with Crippen LogP contribution in [-0.2, 0) is 4.79 Å². The van der Waals surface area contributed by atoms with Crippen LogP contribution >= 0.6 is 0 Å². The van der Waals surface area contributed by atoms with E-state index >= 15 is 0 Å². The molecule has 108 valence electrons. The van der Waals surface area contributed by atoms with Crippen LogP contribution in [0.15, 0.2) is 0 Å². The number of nitrogens with zero attached hydrogens (tertiary/aromatic N) is 1. The summed E-state index contributed by atoms with van der Waals surface area (Å²) in [5, 5.41) is 12.0. The van der Waals surface area contributed by atoms with Gasteiger partial charge in [-0.05, 0) is 47.5 Å². The maximum absolute atomic E-state index is 12.2. The van der Waals surface area contributed by atoms with Crippen molar-refractivity contribution in [1.29, 1.82) is 0 Å². The average Bonchev–Trinajstić information content (AvgIpc) is 2.28. The van der Waals surface area contributed by atoms with E-state index < -0.39 is 0 Å². The van der Waals surface area contributed by atoms with Crippen molar-refractivity contribution in [1.82, 2.24) is 10.2 Å². The van der Waals surface area contributed by atoms with Gasteiger partial charge in [-0.1, -0.05) is 6.92 Å². The van der Waals surface area contributed by atoms with Crippen LogP contribution in [0.3, 0.4) is 0 Å². The van der Waals surface area contributed by atoms with Crippen molar-refractivity contribution in [3.8, 4) is 0 Å². The summed E-state index contributed by atoms with van der Waals surface area (Å²) in [5.41, 5.74) is -0.162. The SMILES string of the molecule is CCC(C)(C)NC(=O)C(C)N(CCCO)C(C)C. The quantitative estimate of drug-likeness (QED) is 0.697. The summed E-state index contributed by atoms with van der Waals surface area (Å²) < 4.78 is 0. The van der Waals surface area contributed by atoms with Crippen LogP contribution in [0.1, 0.15) is 54.4 Å². The van der Waals surface area contributed by atoms with Crippen LogP contribution in [0.25, 0.3) is 0 Å². The summed E-state index contributed by atoms with van der Waals surface area (Å²) in [7, 11) is 0. The molecular weight excluding hydrogens is 228 g/mol. The lowest BCUT2D eigenvalue weighted by atomic mass is 10.0. The van der Waals surface area contributed by atoms with Crippen LogP contribution in [0.5, 0.6) is 0 Å². The fourth-order valence-electron chi connectivity index (χ4n) is 1.83. The third kappa shape index (κ3) is 5.83. The zero-order chi connectivity index (χ0) is 14.3. The number of hydrogen-bond donors (Lipinski definition) is 2. The Morgan fingerprint density at radius 3 is 2.28 bits per heavy atom. The number of amides is 1. The molecular formula is C14H30N2O2. The summed E-state index contributed by atoms with van der Waals surface area (Å²) in [6, 6.07) is 0.129. The van der Waals surface area contributed by atoms with E-state index in [0.29, 0.717) is 12.5 Å². The Morgan fingerprint density at radius 2 is 1.89 bits per heavy atom. The molecule has 1 atom stereocenters. The van der Waals surface area contributed by atoms with Crippen molar-refractivity contribution in [2.75, 3.05) is 13.2 Å². The lowest BCUT2D eigenvalue weighted by molar-refractivity contribution is -0.128. The predicted molar refractivity (Wildman–Crippen MR) is 75.5 cm³/mol. The Hall–Kier alpha value is -0.610. The Bertz CT molecular complexity index is 252. The predicted octanol–water partition coefficient (Wildman–Crippen LogP) is 1.77. The monoisotopic (exact) mass is 258 g/mol. The first-order valence-corrected chi connectivity index (χ1v) is 6.93. The fourth-order valence-corrected chi connectivity index (χ4v) is 1.83. The molecule has 0 spiro atoms. The van der Waals surface area contributed by atoms with Crippen molar-refractivity contribution in [2.45, 2.75) is 72.0 Å². The second-order valence-corrected chi connectivity index (χ2v) is 5.81. The Kier molecular flexibility index (Phi) is 7.48. The van der Waals surface area contributed by atoms with Gasteiger partial charge in [0, 0.05) is 24.7 Å². The molecule has 18 heavy (non-hydrogen) atoms. The molecule has 0 radical (unpaired) electrons. The van der Waals surface area contributed by atoms with Crippen molar-refractivity contribution in [2.24, 2.45) is 0 Å². The number of nitrogens with one attached hydrogen (secondary N) is 1. The van der Waals surface area contributed by atoms with E-state index in [1.54, 1.807) is 0 Å². The molecule has 0 heterocycles. The summed E-state index contributed by atoms with van der Waals surface area (Å²) in [4.78, 5) is 14.3. The molecule has 4 nitrogen and oxygen atoms in total. The maximum atomic E-state index is 12.2. The minimum Gasteiger partial charge on any atom is -0.396 e. The average molecular weight is 258 g/mol. The molecule has 0 aliphatic carbocycles. The van der Waals surface area contributed by atoms with E-state index in [9.17, 15) is 4.79 Å². The zero-order valence-corrected chi connectivity index (χ0v) is 12.8. The van der Waals surface area contributed by atoms with E-state index in [1.165, 1.54) is 0 Å². The van der Waals surface area contributed by atoms with Crippen molar-refractivity contribution in [3.63, 3.8) is 0 Å². The molecule has 0 aromatic carbocycles. The third-order valence-electron chi connectivity index (χ3n) is 3.46. The first-order chi connectivity index (χ1) is 8.25. The van der Waals surface area contributed by atoms with Gasteiger partial charge in [0.05, 0.1) is 6.04 Å². The molecule has 2 N–H and O–H groups in total.